The molecule has 0 bridgehead atoms. The van der Waals surface area contributed by atoms with Gasteiger partial charge in [-0.15, -0.1) is 5.10 Å². The largest absolute Gasteiger partial charge is 0.372 e. The lowest BCUT2D eigenvalue weighted by molar-refractivity contribution is -0.00591. The first-order valence-corrected chi connectivity index (χ1v) is 6.08. The van der Waals surface area contributed by atoms with Crippen molar-refractivity contribution in [1.82, 2.24) is 14.8 Å². The van der Waals surface area contributed by atoms with Crippen LogP contribution in [0.1, 0.15) is 20.8 Å². The molecule has 0 amide bonds. The van der Waals surface area contributed by atoms with Crippen LogP contribution in [0, 0.1) is 4.77 Å². The van der Waals surface area contributed by atoms with Crippen molar-refractivity contribution >= 4 is 18.2 Å². The minimum atomic E-state index is 0.235. The van der Waals surface area contributed by atoms with Crippen molar-refractivity contribution < 1.29 is 4.74 Å². The second kappa shape index (κ2) is 4.55. The van der Waals surface area contributed by atoms with Gasteiger partial charge in [0.15, 0.2) is 4.77 Å². The van der Waals surface area contributed by atoms with Gasteiger partial charge in [-0.25, -0.2) is 5.10 Å². The number of aromatic nitrogens is 3. The summed E-state index contributed by atoms with van der Waals surface area (Å²) in [5.41, 5.74) is 0. The van der Waals surface area contributed by atoms with Crippen LogP contribution in [0.5, 0.6) is 0 Å². The van der Waals surface area contributed by atoms with E-state index in [2.05, 4.69) is 35.9 Å². The lowest BCUT2D eigenvalue weighted by atomic mass is 10.2. The quantitative estimate of drug-likeness (QED) is 0.800. The maximum atomic E-state index is 5.70. The molecule has 1 aliphatic heterocycles. The molecule has 5 nitrogen and oxygen atoms in total. The summed E-state index contributed by atoms with van der Waals surface area (Å²) in [6, 6.07) is 0. The fraction of sp³-hybridized carbons (Fsp3) is 0.800. The van der Waals surface area contributed by atoms with Crippen LogP contribution in [0.3, 0.4) is 0 Å². The number of morpholine rings is 1. The molecule has 2 unspecified atom stereocenters. The van der Waals surface area contributed by atoms with Crippen molar-refractivity contribution in [1.29, 1.82) is 0 Å². The van der Waals surface area contributed by atoms with Gasteiger partial charge in [0.05, 0.1) is 12.2 Å². The Morgan fingerprint density at radius 1 is 1.44 bits per heavy atom. The van der Waals surface area contributed by atoms with E-state index in [9.17, 15) is 0 Å². The summed E-state index contributed by atoms with van der Waals surface area (Å²) in [5.74, 6) is 0.925. The Kier molecular flexibility index (Phi) is 3.30. The van der Waals surface area contributed by atoms with E-state index >= 15 is 0 Å². The van der Waals surface area contributed by atoms with Crippen molar-refractivity contribution in [2.45, 2.75) is 39.5 Å². The zero-order valence-electron chi connectivity index (χ0n) is 9.93. The highest BCUT2D eigenvalue weighted by molar-refractivity contribution is 7.71. The molecule has 1 fully saturated rings. The molecule has 0 spiro atoms. The van der Waals surface area contributed by atoms with E-state index < -0.39 is 0 Å². The Balaban J connectivity index is 2.26. The van der Waals surface area contributed by atoms with E-state index in [1.54, 1.807) is 0 Å². The summed E-state index contributed by atoms with van der Waals surface area (Å²) < 4.78 is 8.40. The van der Waals surface area contributed by atoms with Crippen LogP contribution in [-0.2, 0) is 11.3 Å². The Hall–Kier alpha value is -0.880. The van der Waals surface area contributed by atoms with Crippen LogP contribution in [0.15, 0.2) is 0 Å². The van der Waals surface area contributed by atoms with E-state index in [1.165, 1.54) is 0 Å². The normalized spacial score (nSPS) is 26.1. The molecule has 6 heteroatoms. The van der Waals surface area contributed by atoms with Crippen molar-refractivity contribution in [2.24, 2.45) is 0 Å². The number of hydrogen-bond donors (Lipinski definition) is 1. The van der Waals surface area contributed by atoms with E-state index in [1.807, 2.05) is 4.57 Å². The Labute approximate surface area is 100 Å². The molecule has 1 aromatic rings. The third kappa shape index (κ3) is 2.12. The average molecular weight is 242 g/mol. The highest BCUT2D eigenvalue weighted by Gasteiger charge is 2.25. The first-order valence-electron chi connectivity index (χ1n) is 5.67. The van der Waals surface area contributed by atoms with Gasteiger partial charge in [-0.1, -0.05) is 0 Å². The number of H-pyrrole nitrogens is 1. The smallest absolute Gasteiger partial charge is 0.225 e. The topological polar surface area (TPSA) is 46.1 Å². The predicted molar refractivity (Wildman–Crippen MR) is 65.3 cm³/mol. The van der Waals surface area contributed by atoms with Gasteiger partial charge in [0.2, 0.25) is 5.95 Å². The van der Waals surface area contributed by atoms with Crippen LogP contribution < -0.4 is 4.90 Å². The Morgan fingerprint density at radius 2 is 2.06 bits per heavy atom. The first-order chi connectivity index (χ1) is 7.61. The highest BCUT2D eigenvalue weighted by atomic mass is 32.1. The summed E-state index contributed by atoms with van der Waals surface area (Å²) in [6.45, 7) is 8.81. The standard InChI is InChI=1S/C10H18N4OS/c1-4-14-9(11-12-10(14)16)13-5-7(2)15-8(3)6-13/h7-8H,4-6H2,1-3H3,(H,12,16). The van der Waals surface area contributed by atoms with Crippen LogP contribution in [-0.4, -0.2) is 40.1 Å². The molecule has 1 aliphatic rings. The molecule has 0 radical (unpaired) electrons. The van der Waals surface area contributed by atoms with E-state index in [0.717, 1.165) is 25.6 Å². The van der Waals surface area contributed by atoms with Crippen LogP contribution in [0.4, 0.5) is 5.95 Å². The fourth-order valence-corrected chi connectivity index (χ4v) is 2.43. The zero-order valence-corrected chi connectivity index (χ0v) is 10.8. The first kappa shape index (κ1) is 11.6. The fourth-order valence-electron chi connectivity index (χ4n) is 2.18. The minimum absolute atomic E-state index is 0.235. The van der Waals surface area contributed by atoms with Gasteiger partial charge in [-0.05, 0) is 33.0 Å². The number of aromatic amines is 1. The van der Waals surface area contributed by atoms with Crippen molar-refractivity contribution in [2.75, 3.05) is 18.0 Å². The second-order valence-electron chi connectivity index (χ2n) is 4.24. The van der Waals surface area contributed by atoms with Gasteiger partial charge in [-0.3, -0.25) is 4.57 Å². The lowest BCUT2D eigenvalue weighted by Crippen LogP contribution is -2.46. The summed E-state index contributed by atoms with van der Waals surface area (Å²) in [4.78, 5) is 2.23. The zero-order chi connectivity index (χ0) is 11.7. The summed E-state index contributed by atoms with van der Waals surface area (Å²) in [6.07, 6.45) is 0.471. The molecule has 1 aromatic heterocycles. The van der Waals surface area contributed by atoms with Gasteiger partial charge in [0, 0.05) is 19.6 Å². The number of nitrogens with zero attached hydrogens (tertiary/aromatic N) is 3. The van der Waals surface area contributed by atoms with Crippen molar-refractivity contribution in [3.8, 4) is 0 Å². The number of rotatable bonds is 2. The number of nitrogens with one attached hydrogen (secondary N) is 1. The van der Waals surface area contributed by atoms with Crippen LogP contribution in [0.25, 0.3) is 0 Å². The number of anilines is 1. The maximum Gasteiger partial charge on any atom is 0.225 e. The molecule has 0 aliphatic carbocycles. The van der Waals surface area contributed by atoms with E-state index in [4.69, 9.17) is 17.0 Å². The van der Waals surface area contributed by atoms with Crippen LogP contribution in [0.2, 0.25) is 0 Å². The minimum Gasteiger partial charge on any atom is -0.372 e. The highest BCUT2D eigenvalue weighted by Crippen LogP contribution is 2.18. The maximum absolute atomic E-state index is 5.70. The average Bonchev–Trinajstić information content (AvgIpc) is 2.58. The van der Waals surface area contributed by atoms with Gasteiger partial charge in [0.25, 0.3) is 0 Å². The van der Waals surface area contributed by atoms with Crippen molar-refractivity contribution in [3.63, 3.8) is 0 Å². The van der Waals surface area contributed by atoms with Gasteiger partial charge in [-0.2, -0.15) is 0 Å². The Bertz CT molecular complexity index is 403. The molecule has 1 saturated heterocycles. The number of hydrogen-bond acceptors (Lipinski definition) is 4. The molecular weight excluding hydrogens is 224 g/mol. The molecule has 90 valence electrons. The van der Waals surface area contributed by atoms with Crippen LogP contribution >= 0.6 is 12.2 Å². The summed E-state index contributed by atoms with van der Waals surface area (Å²) in [7, 11) is 0. The van der Waals surface area contributed by atoms with Crippen molar-refractivity contribution in [3.05, 3.63) is 4.77 Å². The van der Waals surface area contributed by atoms with E-state index in [-0.39, 0.29) is 12.2 Å². The third-order valence-electron chi connectivity index (χ3n) is 2.76. The van der Waals surface area contributed by atoms with Gasteiger partial charge in [0.1, 0.15) is 0 Å². The Morgan fingerprint density at radius 3 is 2.62 bits per heavy atom. The summed E-state index contributed by atoms with van der Waals surface area (Å²) in [5, 5.41) is 7.14. The van der Waals surface area contributed by atoms with E-state index in [0.29, 0.717) is 4.77 Å². The number of ether oxygens (including phenoxy) is 1. The molecule has 2 atom stereocenters. The molecule has 1 N–H and O–H groups in total. The van der Waals surface area contributed by atoms with Gasteiger partial charge >= 0.3 is 0 Å². The SMILES string of the molecule is CCn1c(N2CC(C)OC(C)C2)n[nH]c1=S. The monoisotopic (exact) mass is 242 g/mol. The van der Waals surface area contributed by atoms with Gasteiger partial charge < -0.3 is 9.64 Å². The predicted octanol–water partition coefficient (Wildman–Crippen LogP) is 1.57. The molecular formula is C10H18N4OS. The molecule has 2 heterocycles. The molecule has 16 heavy (non-hydrogen) atoms. The second-order valence-corrected chi connectivity index (χ2v) is 4.62. The molecule has 2 rings (SSSR count). The summed E-state index contributed by atoms with van der Waals surface area (Å²) >= 11 is 5.19. The lowest BCUT2D eigenvalue weighted by Gasteiger charge is -2.35. The third-order valence-corrected chi connectivity index (χ3v) is 3.07. The molecule has 0 saturated carbocycles. The molecule has 0 aromatic carbocycles.